The number of nitro benzene ring substituents is 1. The number of fused-ring (bicyclic) bond motifs is 1. The van der Waals surface area contributed by atoms with Crippen LogP contribution in [-0.4, -0.2) is 13.3 Å². The summed E-state index contributed by atoms with van der Waals surface area (Å²) in [6, 6.07) is 13.4. The Bertz CT molecular complexity index is 1030. The summed E-state index contributed by atoms with van der Waals surface area (Å²) >= 11 is 0. The maximum atomic E-state index is 13.0. The van der Waals surface area contributed by atoms with Gasteiger partial charge in [-0.2, -0.15) is 0 Å². The number of rotatable bonds is 4. The molecule has 122 valence electrons. The quantitative estimate of drug-likeness (QED) is 0.576. The molecule has 0 amide bonds. The van der Waals surface area contributed by atoms with E-state index in [9.17, 15) is 22.9 Å². The van der Waals surface area contributed by atoms with Crippen molar-refractivity contribution >= 4 is 32.2 Å². The van der Waals surface area contributed by atoms with Crippen molar-refractivity contribution in [3.05, 3.63) is 76.6 Å². The van der Waals surface area contributed by atoms with Gasteiger partial charge in [-0.25, -0.2) is 12.8 Å². The molecule has 0 aliphatic heterocycles. The molecule has 0 atom stereocenters. The van der Waals surface area contributed by atoms with E-state index < -0.39 is 20.8 Å². The minimum atomic E-state index is -3.94. The van der Waals surface area contributed by atoms with E-state index >= 15 is 0 Å². The summed E-state index contributed by atoms with van der Waals surface area (Å²) in [5.41, 5.74) is 0.0934. The van der Waals surface area contributed by atoms with Gasteiger partial charge in [-0.15, -0.1) is 0 Å². The summed E-state index contributed by atoms with van der Waals surface area (Å²) in [4.78, 5) is 10.5. The number of halogens is 1. The Morgan fingerprint density at radius 1 is 0.917 bits per heavy atom. The molecule has 0 radical (unpaired) electrons. The average Bonchev–Trinajstić information content (AvgIpc) is 2.54. The van der Waals surface area contributed by atoms with E-state index in [1.807, 2.05) is 0 Å². The molecule has 0 saturated carbocycles. The Morgan fingerprint density at radius 2 is 1.54 bits per heavy atom. The second-order valence-corrected chi connectivity index (χ2v) is 6.68. The van der Waals surface area contributed by atoms with Gasteiger partial charge < -0.3 is 0 Å². The topological polar surface area (TPSA) is 89.3 Å². The molecular weight excluding hydrogens is 335 g/mol. The Hall–Kier alpha value is -3.00. The first-order valence-corrected chi connectivity index (χ1v) is 8.31. The maximum Gasteiger partial charge on any atom is 0.277 e. The third-order valence-electron chi connectivity index (χ3n) is 3.46. The van der Waals surface area contributed by atoms with Gasteiger partial charge in [-0.1, -0.05) is 18.2 Å². The smallest absolute Gasteiger partial charge is 0.277 e. The van der Waals surface area contributed by atoms with Gasteiger partial charge in [0.05, 0.1) is 20.9 Å². The van der Waals surface area contributed by atoms with Crippen LogP contribution in [0.1, 0.15) is 0 Å². The number of hydrogen-bond acceptors (Lipinski definition) is 4. The van der Waals surface area contributed by atoms with Crippen molar-refractivity contribution in [1.82, 2.24) is 0 Å². The second-order valence-electron chi connectivity index (χ2n) is 4.99. The van der Waals surface area contributed by atoms with Crippen LogP contribution in [0.25, 0.3) is 10.8 Å². The fraction of sp³-hybridized carbons (Fsp3) is 0. The molecule has 8 heteroatoms. The SMILES string of the molecule is O=[N+]([O-])c1cccc2c(NS(=O)(=O)c3ccc(F)cc3)cccc12. The Kier molecular flexibility index (Phi) is 3.90. The molecule has 3 aromatic carbocycles. The van der Waals surface area contributed by atoms with Crippen LogP contribution >= 0.6 is 0 Å². The molecule has 0 aliphatic carbocycles. The molecule has 0 saturated heterocycles. The van der Waals surface area contributed by atoms with Crippen molar-refractivity contribution in [2.75, 3.05) is 4.72 Å². The Balaban J connectivity index is 2.09. The first-order valence-electron chi connectivity index (χ1n) is 6.83. The fourth-order valence-corrected chi connectivity index (χ4v) is 3.44. The molecule has 0 heterocycles. The van der Waals surface area contributed by atoms with Gasteiger partial charge in [0.25, 0.3) is 15.7 Å². The van der Waals surface area contributed by atoms with E-state index in [4.69, 9.17) is 0 Å². The van der Waals surface area contributed by atoms with Gasteiger partial charge in [0.1, 0.15) is 5.82 Å². The molecule has 0 aromatic heterocycles. The summed E-state index contributed by atoms with van der Waals surface area (Å²) in [7, 11) is -3.94. The minimum Gasteiger partial charge on any atom is -0.279 e. The molecular formula is C16H11FN2O4S. The first kappa shape index (κ1) is 15.9. The fourth-order valence-electron chi connectivity index (χ4n) is 2.36. The van der Waals surface area contributed by atoms with Gasteiger partial charge in [-0.05, 0) is 36.4 Å². The summed E-state index contributed by atoms with van der Waals surface area (Å²) < 4.78 is 40.2. The minimum absolute atomic E-state index is 0.105. The number of sulfonamides is 1. The van der Waals surface area contributed by atoms with Crippen LogP contribution in [0, 0.1) is 15.9 Å². The molecule has 6 nitrogen and oxygen atoms in total. The van der Waals surface area contributed by atoms with Crippen LogP contribution in [0.2, 0.25) is 0 Å². The molecule has 1 N–H and O–H groups in total. The van der Waals surface area contributed by atoms with Gasteiger partial charge in [0, 0.05) is 11.5 Å². The van der Waals surface area contributed by atoms with Crippen molar-refractivity contribution in [3.8, 4) is 0 Å². The standard InChI is InChI=1S/C16H11FN2O4S/c17-11-7-9-12(10-8-11)24(22,23)18-15-5-1-4-14-13(15)3-2-6-16(14)19(20)21/h1-10,18H. The summed E-state index contributed by atoms with van der Waals surface area (Å²) in [6.45, 7) is 0. The van der Waals surface area contributed by atoms with Crippen LogP contribution in [0.4, 0.5) is 15.8 Å². The molecule has 3 rings (SSSR count). The zero-order chi connectivity index (χ0) is 17.3. The number of nitrogens with zero attached hydrogens (tertiary/aromatic N) is 1. The lowest BCUT2D eigenvalue weighted by molar-refractivity contribution is -0.383. The largest absolute Gasteiger partial charge is 0.279 e. The predicted molar refractivity (Wildman–Crippen MR) is 87.8 cm³/mol. The van der Waals surface area contributed by atoms with Crippen molar-refractivity contribution in [3.63, 3.8) is 0 Å². The van der Waals surface area contributed by atoms with Gasteiger partial charge in [0.15, 0.2) is 0 Å². The Morgan fingerprint density at radius 3 is 2.21 bits per heavy atom. The van der Waals surface area contributed by atoms with E-state index in [0.717, 1.165) is 24.3 Å². The number of nitrogens with one attached hydrogen (secondary N) is 1. The highest BCUT2D eigenvalue weighted by atomic mass is 32.2. The molecule has 3 aromatic rings. The molecule has 0 fully saturated rings. The third-order valence-corrected chi connectivity index (χ3v) is 4.85. The molecule has 24 heavy (non-hydrogen) atoms. The summed E-state index contributed by atoms with van der Waals surface area (Å²) in [5.74, 6) is -0.547. The highest BCUT2D eigenvalue weighted by molar-refractivity contribution is 7.92. The van der Waals surface area contributed by atoms with Crippen LogP contribution in [0.5, 0.6) is 0 Å². The molecule has 0 unspecified atom stereocenters. The zero-order valence-corrected chi connectivity index (χ0v) is 13.0. The summed E-state index contributed by atoms with van der Waals surface area (Å²) in [5, 5.41) is 11.8. The number of benzene rings is 3. The van der Waals surface area contributed by atoms with Crippen LogP contribution in [-0.2, 0) is 10.0 Å². The monoisotopic (exact) mass is 346 g/mol. The van der Waals surface area contributed by atoms with Gasteiger partial charge in [-0.3, -0.25) is 14.8 Å². The molecule has 0 spiro atoms. The highest BCUT2D eigenvalue weighted by Crippen LogP contribution is 2.31. The van der Waals surface area contributed by atoms with E-state index in [1.165, 1.54) is 24.3 Å². The number of nitro groups is 1. The van der Waals surface area contributed by atoms with Gasteiger partial charge in [0.2, 0.25) is 0 Å². The van der Waals surface area contributed by atoms with Crippen LogP contribution in [0.3, 0.4) is 0 Å². The van der Waals surface area contributed by atoms with E-state index in [0.29, 0.717) is 10.8 Å². The Labute approximate surface area is 136 Å². The van der Waals surface area contributed by atoms with E-state index in [2.05, 4.69) is 4.72 Å². The van der Waals surface area contributed by atoms with Crippen LogP contribution < -0.4 is 4.72 Å². The van der Waals surface area contributed by atoms with Crippen molar-refractivity contribution in [1.29, 1.82) is 0 Å². The van der Waals surface area contributed by atoms with E-state index in [1.54, 1.807) is 12.1 Å². The van der Waals surface area contributed by atoms with Crippen LogP contribution in [0.15, 0.2) is 65.6 Å². The number of anilines is 1. The maximum absolute atomic E-state index is 13.0. The number of non-ortho nitro benzene ring substituents is 1. The lowest BCUT2D eigenvalue weighted by Gasteiger charge is -2.11. The normalized spacial score (nSPS) is 11.4. The lowest BCUT2D eigenvalue weighted by Crippen LogP contribution is -2.13. The highest BCUT2D eigenvalue weighted by Gasteiger charge is 2.18. The molecule has 0 aliphatic rings. The first-order chi connectivity index (χ1) is 11.4. The predicted octanol–water partition coefficient (Wildman–Crippen LogP) is 3.69. The lowest BCUT2D eigenvalue weighted by atomic mass is 10.1. The van der Waals surface area contributed by atoms with Gasteiger partial charge >= 0.3 is 0 Å². The zero-order valence-electron chi connectivity index (χ0n) is 12.1. The third kappa shape index (κ3) is 2.91. The van der Waals surface area contributed by atoms with Crippen molar-refractivity contribution < 1.29 is 17.7 Å². The second kappa shape index (κ2) is 5.89. The van der Waals surface area contributed by atoms with Crippen molar-refractivity contribution in [2.45, 2.75) is 4.90 Å². The average molecular weight is 346 g/mol. The summed E-state index contributed by atoms with van der Waals surface area (Å²) in [6.07, 6.45) is 0. The van der Waals surface area contributed by atoms with Crippen molar-refractivity contribution in [2.24, 2.45) is 0 Å². The van der Waals surface area contributed by atoms with E-state index in [-0.39, 0.29) is 16.3 Å². The molecule has 0 bridgehead atoms. The number of hydrogen-bond donors (Lipinski definition) is 1.